The summed E-state index contributed by atoms with van der Waals surface area (Å²) in [5.74, 6) is 0.540. The van der Waals surface area contributed by atoms with E-state index in [4.69, 9.17) is 0 Å². The predicted octanol–water partition coefficient (Wildman–Crippen LogP) is 3.99. The summed E-state index contributed by atoms with van der Waals surface area (Å²) in [7, 11) is 0. The van der Waals surface area contributed by atoms with Gasteiger partial charge < -0.3 is 4.90 Å². The highest BCUT2D eigenvalue weighted by Gasteiger charge is 2.24. The van der Waals surface area contributed by atoms with Crippen LogP contribution in [0.15, 0.2) is 34.6 Å². The fourth-order valence-corrected chi connectivity index (χ4v) is 4.92. The van der Waals surface area contributed by atoms with Gasteiger partial charge in [0, 0.05) is 47.9 Å². The smallest absolute Gasteiger partial charge is 0.185 e. The molecule has 1 saturated heterocycles. The lowest BCUT2D eigenvalue weighted by atomic mass is 9.99. The molecule has 8 heteroatoms. The van der Waals surface area contributed by atoms with E-state index in [0.29, 0.717) is 5.92 Å². The Morgan fingerprint density at radius 2 is 2.26 bits per heavy atom. The van der Waals surface area contributed by atoms with Crippen LogP contribution in [-0.2, 0) is 6.54 Å². The topological polar surface area (TPSA) is 46.8 Å². The summed E-state index contributed by atoms with van der Waals surface area (Å²) in [5, 5.41) is 8.75. The number of thiazole rings is 2. The zero-order valence-corrected chi connectivity index (χ0v) is 15.6. The molecule has 0 spiro atoms. The van der Waals surface area contributed by atoms with E-state index >= 15 is 0 Å². The second-order valence-electron chi connectivity index (χ2n) is 5.62. The van der Waals surface area contributed by atoms with Crippen LogP contribution in [-0.4, -0.2) is 32.8 Å². The predicted molar refractivity (Wildman–Crippen MR) is 97.4 cm³/mol. The van der Waals surface area contributed by atoms with Crippen LogP contribution in [0.4, 0.5) is 5.13 Å². The van der Waals surface area contributed by atoms with Gasteiger partial charge in [-0.05, 0) is 28.8 Å². The minimum absolute atomic E-state index is 0.540. The zero-order valence-electron chi connectivity index (χ0n) is 12.4. The van der Waals surface area contributed by atoms with E-state index in [9.17, 15) is 0 Å². The first-order valence-corrected chi connectivity index (χ1v) is 10.0. The van der Waals surface area contributed by atoms with Gasteiger partial charge in [0.1, 0.15) is 0 Å². The highest BCUT2D eigenvalue weighted by Crippen LogP contribution is 2.32. The summed E-state index contributed by atoms with van der Waals surface area (Å²) >= 11 is 6.96. The molecular weight excluding hydrogens is 394 g/mol. The number of halogens is 1. The molecular formula is C15H16BrN5S2. The second-order valence-corrected chi connectivity index (χ2v) is 8.56. The molecule has 1 fully saturated rings. The average molecular weight is 410 g/mol. The van der Waals surface area contributed by atoms with Crippen LogP contribution < -0.4 is 4.90 Å². The van der Waals surface area contributed by atoms with Gasteiger partial charge in [0.05, 0.1) is 22.2 Å². The third-order valence-electron chi connectivity index (χ3n) is 3.95. The van der Waals surface area contributed by atoms with E-state index in [1.54, 1.807) is 22.7 Å². The fourth-order valence-electron chi connectivity index (χ4n) is 2.89. The van der Waals surface area contributed by atoms with Gasteiger partial charge in [-0.3, -0.25) is 4.68 Å². The van der Waals surface area contributed by atoms with E-state index < -0.39 is 0 Å². The maximum absolute atomic E-state index is 4.63. The Morgan fingerprint density at radius 3 is 3.04 bits per heavy atom. The van der Waals surface area contributed by atoms with Crippen molar-refractivity contribution < 1.29 is 0 Å². The van der Waals surface area contributed by atoms with Crippen molar-refractivity contribution in [3.8, 4) is 0 Å². The van der Waals surface area contributed by atoms with Gasteiger partial charge in [0.25, 0.3) is 0 Å². The van der Waals surface area contributed by atoms with Crippen molar-refractivity contribution in [3.05, 3.63) is 44.5 Å². The molecule has 0 amide bonds. The Labute approximate surface area is 151 Å². The van der Waals surface area contributed by atoms with Gasteiger partial charge in [0.15, 0.2) is 5.13 Å². The van der Waals surface area contributed by atoms with Gasteiger partial charge in [-0.25, -0.2) is 9.97 Å². The van der Waals surface area contributed by atoms with E-state index in [1.807, 2.05) is 29.5 Å². The number of piperidine rings is 1. The third-order valence-corrected chi connectivity index (χ3v) is 6.34. The van der Waals surface area contributed by atoms with Gasteiger partial charge in [-0.1, -0.05) is 11.3 Å². The number of rotatable bonds is 4. The lowest BCUT2D eigenvalue weighted by Crippen LogP contribution is -2.34. The van der Waals surface area contributed by atoms with Crippen molar-refractivity contribution in [1.82, 2.24) is 19.7 Å². The van der Waals surface area contributed by atoms with Crippen molar-refractivity contribution in [2.75, 3.05) is 18.0 Å². The highest BCUT2D eigenvalue weighted by atomic mass is 79.9. The maximum Gasteiger partial charge on any atom is 0.185 e. The van der Waals surface area contributed by atoms with Crippen molar-refractivity contribution >= 4 is 43.7 Å². The molecule has 1 atom stereocenters. The van der Waals surface area contributed by atoms with Crippen molar-refractivity contribution in [2.24, 2.45) is 0 Å². The minimum Gasteiger partial charge on any atom is -0.347 e. The second kappa shape index (κ2) is 6.70. The van der Waals surface area contributed by atoms with E-state index in [-0.39, 0.29) is 0 Å². The Hall–Kier alpha value is -1.25. The molecule has 120 valence electrons. The first kappa shape index (κ1) is 15.3. The van der Waals surface area contributed by atoms with Gasteiger partial charge in [-0.2, -0.15) is 5.10 Å². The van der Waals surface area contributed by atoms with Gasteiger partial charge in [-0.15, -0.1) is 11.3 Å². The van der Waals surface area contributed by atoms with Crippen LogP contribution in [0.25, 0.3) is 0 Å². The molecule has 3 aromatic rings. The fraction of sp³-hybridized carbons (Fsp3) is 0.400. The summed E-state index contributed by atoms with van der Waals surface area (Å²) in [6, 6.07) is 0. The largest absolute Gasteiger partial charge is 0.347 e. The van der Waals surface area contributed by atoms with Crippen LogP contribution in [0.5, 0.6) is 0 Å². The number of aromatic nitrogens is 4. The molecule has 0 saturated carbocycles. The Balaban J connectivity index is 1.45. The molecule has 3 aromatic heterocycles. The van der Waals surface area contributed by atoms with E-state index in [1.165, 1.54) is 22.7 Å². The maximum atomic E-state index is 4.63. The summed E-state index contributed by atoms with van der Waals surface area (Å²) in [6.45, 7) is 2.88. The molecule has 0 N–H and O–H groups in total. The summed E-state index contributed by atoms with van der Waals surface area (Å²) in [4.78, 5) is 12.8. The Bertz CT molecular complexity index is 767. The Morgan fingerprint density at radius 1 is 1.30 bits per heavy atom. The molecule has 0 unspecified atom stereocenters. The van der Waals surface area contributed by atoms with Crippen molar-refractivity contribution in [3.63, 3.8) is 0 Å². The van der Waals surface area contributed by atoms with Crippen LogP contribution in [0, 0.1) is 0 Å². The molecule has 5 nitrogen and oxygen atoms in total. The van der Waals surface area contributed by atoms with Crippen LogP contribution in [0.3, 0.4) is 0 Å². The lowest BCUT2D eigenvalue weighted by molar-refractivity contribution is 0.508. The standard InChI is InChI=1S/C15H16BrN5S2/c16-12-6-19-21(9-12)10-13-7-18-15(23-13)20-4-1-2-11(8-20)14-17-3-5-22-14/h3,5-7,9,11H,1-2,4,8,10H2/t11-/m1/s1. The van der Waals surface area contributed by atoms with Gasteiger partial charge >= 0.3 is 0 Å². The first-order chi connectivity index (χ1) is 11.3. The summed E-state index contributed by atoms with van der Waals surface area (Å²) in [5.41, 5.74) is 0. The van der Waals surface area contributed by atoms with Crippen LogP contribution >= 0.6 is 38.6 Å². The lowest BCUT2D eigenvalue weighted by Gasteiger charge is -2.31. The van der Waals surface area contributed by atoms with Crippen LogP contribution in [0.1, 0.15) is 28.6 Å². The molecule has 4 rings (SSSR count). The number of hydrogen-bond donors (Lipinski definition) is 0. The van der Waals surface area contributed by atoms with Crippen LogP contribution in [0.2, 0.25) is 0 Å². The SMILES string of the molecule is Brc1cnn(Cc2cnc(N3CCC[C@@H](c4nccs4)C3)s2)c1. The average Bonchev–Trinajstić information content (AvgIpc) is 3.30. The molecule has 1 aliphatic rings. The number of nitrogens with zero attached hydrogens (tertiary/aromatic N) is 5. The van der Waals surface area contributed by atoms with Gasteiger partial charge in [0.2, 0.25) is 0 Å². The number of hydrogen-bond acceptors (Lipinski definition) is 6. The molecule has 0 bridgehead atoms. The normalized spacial score (nSPS) is 18.5. The quantitative estimate of drug-likeness (QED) is 0.653. The van der Waals surface area contributed by atoms with E-state index in [0.717, 1.165) is 29.2 Å². The molecule has 23 heavy (non-hydrogen) atoms. The molecule has 1 aliphatic heterocycles. The molecule has 4 heterocycles. The Kier molecular flexibility index (Phi) is 4.46. The summed E-state index contributed by atoms with van der Waals surface area (Å²) in [6.07, 6.45) is 10.1. The monoisotopic (exact) mass is 409 g/mol. The van der Waals surface area contributed by atoms with Crippen molar-refractivity contribution in [2.45, 2.75) is 25.3 Å². The van der Waals surface area contributed by atoms with E-state index in [2.05, 4.69) is 41.3 Å². The summed E-state index contributed by atoms with van der Waals surface area (Å²) < 4.78 is 2.93. The first-order valence-electron chi connectivity index (χ1n) is 7.55. The highest BCUT2D eigenvalue weighted by molar-refractivity contribution is 9.10. The number of anilines is 1. The molecule has 0 aromatic carbocycles. The molecule has 0 aliphatic carbocycles. The third kappa shape index (κ3) is 3.49. The zero-order chi connectivity index (χ0) is 15.6. The minimum atomic E-state index is 0.540. The van der Waals surface area contributed by atoms with Crippen molar-refractivity contribution in [1.29, 1.82) is 0 Å². The molecule has 0 radical (unpaired) electrons.